The fraction of sp³-hybridized carbons (Fsp3) is 0.538. The second-order valence-corrected chi connectivity index (χ2v) is 5.50. The Morgan fingerprint density at radius 1 is 1.39 bits per heavy atom. The van der Waals surface area contributed by atoms with Crippen molar-refractivity contribution in [1.29, 1.82) is 0 Å². The molecule has 1 aliphatic rings. The number of imidazole rings is 1. The number of nitrogens with zero attached hydrogens (tertiary/aromatic N) is 3. The summed E-state index contributed by atoms with van der Waals surface area (Å²) in [5.74, 6) is 2.44. The van der Waals surface area contributed by atoms with E-state index >= 15 is 0 Å². The molecule has 5 nitrogen and oxygen atoms in total. The monoisotopic (exact) mass is 245 g/mol. The molecule has 0 aliphatic heterocycles. The van der Waals surface area contributed by atoms with Gasteiger partial charge >= 0.3 is 0 Å². The molecule has 2 heterocycles. The van der Waals surface area contributed by atoms with Crippen molar-refractivity contribution >= 4 is 17.3 Å². The molecule has 0 atom stereocenters. The highest BCUT2D eigenvalue weighted by Gasteiger charge is 2.38. The van der Waals surface area contributed by atoms with Crippen LogP contribution in [0.1, 0.15) is 26.7 Å². The Hall–Kier alpha value is -1.78. The Balaban J connectivity index is 2.01. The van der Waals surface area contributed by atoms with Crippen molar-refractivity contribution in [2.75, 3.05) is 17.7 Å². The van der Waals surface area contributed by atoms with Crippen LogP contribution in [0.3, 0.4) is 0 Å². The van der Waals surface area contributed by atoms with Crippen LogP contribution in [0.25, 0.3) is 5.65 Å². The minimum Gasteiger partial charge on any atom is -0.372 e. The number of rotatable bonds is 4. The van der Waals surface area contributed by atoms with Crippen molar-refractivity contribution in [3.8, 4) is 0 Å². The Morgan fingerprint density at radius 2 is 2.17 bits per heavy atom. The molecule has 0 bridgehead atoms. The van der Waals surface area contributed by atoms with Gasteiger partial charge in [-0.3, -0.25) is 0 Å². The first kappa shape index (κ1) is 11.3. The molecule has 18 heavy (non-hydrogen) atoms. The lowest BCUT2D eigenvalue weighted by molar-refractivity contribution is 0.493. The normalized spacial score (nSPS) is 15.9. The number of anilines is 2. The maximum Gasteiger partial charge on any atom is 0.180 e. The quantitative estimate of drug-likeness (QED) is 0.868. The highest BCUT2D eigenvalue weighted by Crippen LogP contribution is 2.41. The highest BCUT2D eigenvalue weighted by atomic mass is 15.2. The summed E-state index contributed by atoms with van der Waals surface area (Å²) in [6.45, 7) is 4.47. The van der Waals surface area contributed by atoms with Crippen LogP contribution in [-0.2, 0) is 0 Å². The summed E-state index contributed by atoms with van der Waals surface area (Å²) < 4.78 is 1.99. The smallest absolute Gasteiger partial charge is 0.180 e. The molecule has 0 unspecified atom stereocenters. The number of fused-ring (bicyclic) bond motifs is 1. The van der Waals surface area contributed by atoms with Crippen molar-refractivity contribution in [2.24, 2.45) is 5.92 Å². The van der Waals surface area contributed by atoms with E-state index in [1.165, 1.54) is 12.8 Å². The molecule has 1 aliphatic carbocycles. The fourth-order valence-electron chi connectivity index (χ4n) is 2.35. The zero-order chi connectivity index (χ0) is 12.8. The predicted molar refractivity (Wildman–Crippen MR) is 73.0 cm³/mol. The molecule has 2 N–H and O–H groups in total. The molecule has 96 valence electrons. The van der Waals surface area contributed by atoms with Crippen LogP contribution in [0.5, 0.6) is 0 Å². The Bertz CT molecular complexity index is 568. The maximum atomic E-state index is 4.58. The number of hydrogen-bond acceptors (Lipinski definition) is 4. The summed E-state index contributed by atoms with van der Waals surface area (Å²) in [5.41, 5.74) is 0.953. The molecule has 5 heteroatoms. The van der Waals surface area contributed by atoms with E-state index in [4.69, 9.17) is 0 Å². The first-order valence-electron chi connectivity index (χ1n) is 6.40. The van der Waals surface area contributed by atoms with Crippen molar-refractivity contribution in [3.05, 3.63) is 18.6 Å². The van der Waals surface area contributed by atoms with Crippen molar-refractivity contribution in [2.45, 2.75) is 32.2 Å². The zero-order valence-electron chi connectivity index (χ0n) is 11.1. The van der Waals surface area contributed by atoms with Crippen LogP contribution in [0, 0.1) is 5.92 Å². The fourth-order valence-corrected chi connectivity index (χ4v) is 2.35. The van der Waals surface area contributed by atoms with E-state index in [1.54, 1.807) is 6.20 Å². The van der Waals surface area contributed by atoms with Crippen molar-refractivity contribution in [3.63, 3.8) is 0 Å². The SMILES string of the molecule is CNc1cn2ccnc2c(NC(C)(C)C2CC2)n1. The second-order valence-electron chi connectivity index (χ2n) is 5.50. The Labute approximate surface area is 107 Å². The molecule has 2 aromatic heterocycles. The van der Waals surface area contributed by atoms with E-state index in [0.717, 1.165) is 23.2 Å². The maximum absolute atomic E-state index is 4.58. The molecule has 3 rings (SSSR count). The molecule has 0 amide bonds. The zero-order valence-corrected chi connectivity index (χ0v) is 11.1. The molecule has 1 fully saturated rings. The van der Waals surface area contributed by atoms with Gasteiger partial charge in [-0.1, -0.05) is 0 Å². The standard InChI is InChI=1S/C13H19N5/c1-13(2,9-4-5-9)17-11-12-15-6-7-18(12)8-10(14-3)16-11/h6-9,14H,4-5H2,1-3H3,(H,16,17). The molecular weight excluding hydrogens is 226 g/mol. The summed E-state index contributed by atoms with van der Waals surface area (Å²) in [6.07, 6.45) is 8.28. The van der Waals surface area contributed by atoms with Gasteiger partial charge in [0.05, 0.1) is 6.20 Å². The van der Waals surface area contributed by atoms with Crippen LogP contribution in [0.2, 0.25) is 0 Å². The molecule has 2 aromatic rings. The van der Waals surface area contributed by atoms with Crippen molar-refractivity contribution < 1.29 is 0 Å². The summed E-state index contributed by atoms with van der Waals surface area (Å²) in [6, 6.07) is 0. The second kappa shape index (κ2) is 3.86. The Kier molecular flexibility index (Phi) is 2.43. The largest absolute Gasteiger partial charge is 0.372 e. The molecule has 0 saturated heterocycles. The van der Waals surface area contributed by atoms with Gasteiger partial charge in [-0.05, 0) is 32.6 Å². The van der Waals surface area contributed by atoms with Gasteiger partial charge in [0.25, 0.3) is 0 Å². The Morgan fingerprint density at radius 3 is 2.83 bits per heavy atom. The van der Waals surface area contributed by atoms with Crippen LogP contribution in [0.4, 0.5) is 11.6 Å². The first-order valence-corrected chi connectivity index (χ1v) is 6.40. The van der Waals surface area contributed by atoms with E-state index in [0.29, 0.717) is 0 Å². The third-order valence-electron chi connectivity index (χ3n) is 3.67. The summed E-state index contributed by atoms with van der Waals surface area (Å²) in [4.78, 5) is 8.95. The van der Waals surface area contributed by atoms with E-state index in [1.807, 2.05) is 23.8 Å². The van der Waals surface area contributed by atoms with E-state index < -0.39 is 0 Å². The van der Waals surface area contributed by atoms with Crippen molar-refractivity contribution in [1.82, 2.24) is 14.4 Å². The third kappa shape index (κ3) is 1.89. The minimum atomic E-state index is 0.0752. The first-order chi connectivity index (χ1) is 8.60. The van der Waals surface area contributed by atoms with E-state index in [2.05, 4.69) is 34.4 Å². The van der Waals surface area contributed by atoms with Gasteiger partial charge in [-0.15, -0.1) is 0 Å². The molecule has 0 spiro atoms. The lowest BCUT2D eigenvalue weighted by Gasteiger charge is -2.27. The average molecular weight is 245 g/mol. The van der Waals surface area contributed by atoms with E-state index in [-0.39, 0.29) is 5.54 Å². The molecule has 0 radical (unpaired) electrons. The summed E-state index contributed by atoms with van der Waals surface area (Å²) >= 11 is 0. The van der Waals surface area contributed by atoms with Crippen LogP contribution in [0.15, 0.2) is 18.6 Å². The molecular formula is C13H19N5. The number of hydrogen-bond donors (Lipinski definition) is 2. The predicted octanol–water partition coefficient (Wildman–Crippen LogP) is 2.37. The van der Waals surface area contributed by atoms with Gasteiger partial charge in [-0.25, -0.2) is 9.97 Å². The molecule has 0 aromatic carbocycles. The minimum absolute atomic E-state index is 0.0752. The van der Waals surface area contributed by atoms with Gasteiger partial charge in [0.2, 0.25) is 0 Å². The van der Waals surface area contributed by atoms with Crippen LogP contribution < -0.4 is 10.6 Å². The van der Waals surface area contributed by atoms with Crippen LogP contribution in [-0.4, -0.2) is 27.0 Å². The van der Waals surface area contributed by atoms with Crippen LogP contribution >= 0.6 is 0 Å². The highest BCUT2D eigenvalue weighted by molar-refractivity contribution is 5.66. The average Bonchev–Trinajstić information content (AvgIpc) is 3.09. The van der Waals surface area contributed by atoms with Gasteiger partial charge in [-0.2, -0.15) is 0 Å². The van der Waals surface area contributed by atoms with E-state index in [9.17, 15) is 0 Å². The number of aromatic nitrogens is 3. The third-order valence-corrected chi connectivity index (χ3v) is 3.67. The van der Waals surface area contributed by atoms with Gasteiger partial charge in [0, 0.05) is 25.0 Å². The summed E-state index contributed by atoms with van der Waals surface area (Å²) in [7, 11) is 1.88. The topological polar surface area (TPSA) is 54.2 Å². The van der Waals surface area contributed by atoms with Gasteiger partial charge in [0.15, 0.2) is 11.5 Å². The number of nitrogens with one attached hydrogen (secondary N) is 2. The summed E-state index contributed by atoms with van der Waals surface area (Å²) in [5, 5.41) is 6.63. The lowest BCUT2D eigenvalue weighted by Crippen LogP contribution is -2.34. The van der Waals surface area contributed by atoms with Gasteiger partial charge < -0.3 is 15.0 Å². The lowest BCUT2D eigenvalue weighted by atomic mass is 9.99. The molecule has 1 saturated carbocycles. The van der Waals surface area contributed by atoms with Gasteiger partial charge in [0.1, 0.15) is 5.82 Å².